The van der Waals surface area contributed by atoms with E-state index in [4.69, 9.17) is 0 Å². The van der Waals surface area contributed by atoms with Crippen LogP contribution in [0.2, 0.25) is 0 Å². The molecular formula is C18H31N. The molecule has 2 atom stereocenters. The molecule has 1 N–H and O–H groups in total. The van der Waals surface area contributed by atoms with Crippen LogP contribution in [0.15, 0.2) is 24.3 Å². The number of aryl methyl sites for hydroxylation is 1. The molecule has 0 fully saturated rings. The quantitative estimate of drug-likeness (QED) is 0.598. The van der Waals surface area contributed by atoms with E-state index in [0.717, 1.165) is 6.42 Å². The molecule has 1 rings (SSSR count). The number of rotatable bonds is 9. The SMILES string of the molecule is CCCCCCC(C)NC(C)c1ccc(CC)cc1. The summed E-state index contributed by atoms with van der Waals surface area (Å²) in [6, 6.07) is 10.1. The second kappa shape index (κ2) is 9.14. The van der Waals surface area contributed by atoms with Crippen LogP contribution in [0.5, 0.6) is 0 Å². The fourth-order valence-corrected chi connectivity index (χ4v) is 2.53. The van der Waals surface area contributed by atoms with Gasteiger partial charge in [0.15, 0.2) is 0 Å². The fraction of sp³-hybridized carbons (Fsp3) is 0.667. The number of hydrogen-bond donors (Lipinski definition) is 1. The van der Waals surface area contributed by atoms with Crippen LogP contribution in [-0.2, 0) is 6.42 Å². The average molecular weight is 261 g/mol. The zero-order valence-electron chi connectivity index (χ0n) is 13.2. The predicted octanol–water partition coefficient (Wildman–Crippen LogP) is 5.26. The molecule has 19 heavy (non-hydrogen) atoms. The molecule has 0 heterocycles. The van der Waals surface area contributed by atoms with Crippen LogP contribution in [-0.4, -0.2) is 6.04 Å². The van der Waals surface area contributed by atoms with Gasteiger partial charge >= 0.3 is 0 Å². The van der Waals surface area contributed by atoms with Gasteiger partial charge in [-0.15, -0.1) is 0 Å². The third kappa shape index (κ3) is 6.24. The Bertz CT molecular complexity index is 328. The van der Waals surface area contributed by atoms with E-state index in [2.05, 4.69) is 57.3 Å². The molecule has 0 aliphatic heterocycles. The van der Waals surface area contributed by atoms with Crippen LogP contribution in [0.1, 0.15) is 77.0 Å². The van der Waals surface area contributed by atoms with Crippen molar-refractivity contribution >= 4 is 0 Å². The van der Waals surface area contributed by atoms with Gasteiger partial charge in [-0.3, -0.25) is 0 Å². The van der Waals surface area contributed by atoms with Crippen LogP contribution in [0.25, 0.3) is 0 Å². The van der Waals surface area contributed by atoms with Crippen molar-refractivity contribution in [3.63, 3.8) is 0 Å². The highest BCUT2D eigenvalue weighted by Crippen LogP contribution is 2.16. The number of unbranched alkanes of at least 4 members (excludes halogenated alkanes) is 3. The highest BCUT2D eigenvalue weighted by atomic mass is 14.9. The Morgan fingerprint density at radius 2 is 1.63 bits per heavy atom. The Labute approximate surface area is 119 Å². The normalized spacial score (nSPS) is 14.3. The molecule has 2 unspecified atom stereocenters. The van der Waals surface area contributed by atoms with Gasteiger partial charge in [-0.25, -0.2) is 0 Å². The van der Waals surface area contributed by atoms with Crippen molar-refractivity contribution in [3.05, 3.63) is 35.4 Å². The lowest BCUT2D eigenvalue weighted by molar-refractivity contribution is 0.438. The standard InChI is InChI=1S/C18H31N/c1-5-7-8-9-10-15(3)19-16(4)18-13-11-17(6-2)12-14-18/h11-16,19H,5-10H2,1-4H3. The molecule has 0 aliphatic carbocycles. The van der Waals surface area contributed by atoms with Crippen molar-refractivity contribution in [2.75, 3.05) is 0 Å². The minimum absolute atomic E-state index is 0.451. The maximum Gasteiger partial charge on any atom is 0.0294 e. The summed E-state index contributed by atoms with van der Waals surface area (Å²) in [4.78, 5) is 0. The minimum atomic E-state index is 0.451. The Morgan fingerprint density at radius 1 is 0.947 bits per heavy atom. The van der Waals surface area contributed by atoms with Crippen LogP contribution in [0.4, 0.5) is 0 Å². The van der Waals surface area contributed by atoms with Gasteiger partial charge in [-0.05, 0) is 37.8 Å². The summed E-state index contributed by atoms with van der Waals surface area (Å²) in [5.41, 5.74) is 2.82. The third-order valence-electron chi connectivity index (χ3n) is 3.91. The van der Waals surface area contributed by atoms with Crippen molar-refractivity contribution in [1.29, 1.82) is 0 Å². The first-order chi connectivity index (χ1) is 9.17. The van der Waals surface area contributed by atoms with Gasteiger partial charge < -0.3 is 5.32 Å². The van der Waals surface area contributed by atoms with Crippen molar-refractivity contribution < 1.29 is 0 Å². The van der Waals surface area contributed by atoms with Crippen molar-refractivity contribution in [2.45, 2.75) is 78.3 Å². The lowest BCUT2D eigenvalue weighted by Crippen LogP contribution is -2.28. The maximum absolute atomic E-state index is 3.71. The Kier molecular flexibility index (Phi) is 7.81. The summed E-state index contributed by atoms with van der Waals surface area (Å²) >= 11 is 0. The van der Waals surface area contributed by atoms with Crippen LogP contribution >= 0.6 is 0 Å². The van der Waals surface area contributed by atoms with Gasteiger partial charge in [-0.1, -0.05) is 63.8 Å². The third-order valence-corrected chi connectivity index (χ3v) is 3.91. The molecule has 0 aromatic heterocycles. The molecule has 0 bridgehead atoms. The summed E-state index contributed by atoms with van der Waals surface area (Å²) in [5.74, 6) is 0. The average Bonchev–Trinajstić information content (AvgIpc) is 2.43. The van der Waals surface area contributed by atoms with Gasteiger partial charge in [0, 0.05) is 12.1 Å². The van der Waals surface area contributed by atoms with Crippen LogP contribution in [0, 0.1) is 0 Å². The zero-order chi connectivity index (χ0) is 14.1. The van der Waals surface area contributed by atoms with Gasteiger partial charge in [0.1, 0.15) is 0 Å². The van der Waals surface area contributed by atoms with Crippen molar-refractivity contribution in [1.82, 2.24) is 5.32 Å². The number of hydrogen-bond acceptors (Lipinski definition) is 1. The first-order valence-electron chi connectivity index (χ1n) is 8.02. The van der Waals surface area contributed by atoms with E-state index in [0.29, 0.717) is 12.1 Å². The molecule has 0 amide bonds. The Morgan fingerprint density at radius 3 is 2.21 bits per heavy atom. The molecule has 1 aromatic rings. The lowest BCUT2D eigenvalue weighted by Gasteiger charge is -2.20. The van der Waals surface area contributed by atoms with E-state index in [1.165, 1.54) is 43.2 Å². The first kappa shape index (κ1) is 16.2. The van der Waals surface area contributed by atoms with Crippen LogP contribution < -0.4 is 5.32 Å². The van der Waals surface area contributed by atoms with E-state index in [-0.39, 0.29) is 0 Å². The second-order valence-corrected chi connectivity index (χ2v) is 5.73. The number of nitrogens with one attached hydrogen (secondary N) is 1. The lowest BCUT2D eigenvalue weighted by atomic mass is 10.0. The van der Waals surface area contributed by atoms with E-state index >= 15 is 0 Å². The monoisotopic (exact) mass is 261 g/mol. The molecule has 0 aliphatic rings. The zero-order valence-corrected chi connectivity index (χ0v) is 13.2. The van der Waals surface area contributed by atoms with E-state index in [9.17, 15) is 0 Å². The molecule has 1 heteroatoms. The van der Waals surface area contributed by atoms with Crippen molar-refractivity contribution in [2.24, 2.45) is 0 Å². The Hall–Kier alpha value is -0.820. The van der Waals surface area contributed by atoms with Crippen molar-refractivity contribution in [3.8, 4) is 0 Å². The predicted molar refractivity (Wildman–Crippen MR) is 85.6 cm³/mol. The largest absolute Gasteiger partial charge is 0.308 e. The first-order valence-corrected chi connectivity index (χ1v) is 8.02. The maximum atomic E-state index is 3.71. The molecular weight excluding hydrogens is 230 g/mol. The second-order valence-electron chi connectivity index (χ2n) is 5.73. The Balaban J connectivity index is 2.33. The molecule has 1 nitrogen and oxygen atoms in total. The van der Waals surface area contributed by atoms with E-state index < -0.39 is 0 Å². The highest BCUT2D eigenvalue weighted by molar-refractivity contribution is 5.24. The molecule has 0 radical (unpaired) electrons. The molecule has 108 valence electrons. The summed E-state index contributed by atoms with van der Waals surface area (Å²) in [5, 5.41) is 3.71. The fourth-order valence-electron chi connectivity index (χ4n) is 2.53. The smallest absolute Gasteiger partial charge is 0.0294 e. The molecule has 0 saturated heterocycles. The molecule has 1 aromatic carbocycles. The van der Waals surface area contributed by atoms with Crippen LogP contribution in [0.3, 0.4) is 0 Å². The number of benzene rings is 1. The topological polar surface area (TPSA) is 12.0 Å². The van der Waals surface area contributed by atoms with Gasteiger partial charge in [0.05, 0.1) is 0 Å². The van der Waals surface area contributed by atoms with Gasteiger partial charge in [0.2, 0.25) is 0 Å². The summed E-state index contributed by atoms with van der Waals surface area (Å²) in [6.07, 6.45) is 7.83. The van der Waals surface area contributed by atoms with Gasteiger partial charge in [-0.2, -0.15) is 0 Å². The minimum Gasteiger partial charge on any atom is -0.308 e. The van der Waals surface area contributed by atoms with E-state index in [1.807, 2.05) is 0 Å². The molecule has 0 saturated carbocycles. The summed E-state index contributed by atoms with van der Waals surface area (Å²) in [7, 11) is 0. The summed E-state index contributed by atoms with van der Waals surface area (Å²) < 4.78 is 0. The van der Waals surface area contributed by atoms with E-state index in [1.54, 1.807) is 0 Å². The highest BCUT2D eigenvalue weighted by Gasteiger charge is 2.09. The van der Waals surface area contributed by atoms with Gasteiger partial charge in [0.25, 0.3) is 0 Å². The summed E-state index contributed by atoms with van der Waals surface area (Å²) in [6.45, 7) is 9.05. The molecule has 0 spiro atoms.